The van der Waals surface area contributed by atoms with E-state index in [1.165, 1.54) is 12.1 Å². The highest BCUT2D eigenvalue weighted by Gasteiger charge is 2.28. The summed E-state index contributed by atoms with van der Waals surface area (Å²) in [6, 6.07) is 4.81. The van der Waals surface area contributed by atoms with Gasteiger partial charge in [-0.2, -0.15) is 13.2 Å². The van der Waals surface area contributed by atoms with Crippen LogP contribution in [0.15, 0.2) is 18.2 Å². The van der Waals surface area contributed by atoms with E-state index >= 15 is 0 Å². The molecule has 0 saturated carbocycles. The Morgan fingerprint density at radius 3 is 2.53 bits per heavy atom. The van der Waals surface area contributed by atoms with Gasteiger partial charge in [0.05, 0.1) is 5.02 Å². The van der Waals surface area contributed by atoms with Crippen LogP contribution < -0.4 is 4.74 Å². The molecule has 0 aromatic heterocycles. The highest BCUT2D eigenvalue weighted by atomic mass is 35.5. The SMILES string of the molecule is CCc1ccc(Cl)c(OCC(F)(F)F)c1. The summed E-state index contributed by atoms with van der Waals surface area (Å²) >= 11 is 5.69. The Hall–Kier alpha value is -0.900. The Labute approximate surface area is 90.8 Å². The van der Waals surface area contributed by atoms with E-state index < -0.39 is 12.8 Å². The number of benzene rings is 1. The van der Waals surface area contributed by atoms with E-state index in [0.29, 0.717) is 0 Å². The van der Waals surface area contributed by atoms with Gasteiger partial charge in [0.25, 0.3) is 0 Å². The van der Waals surface area contributed by atoms with Gasteiger partial charge in [-0.25, -0.2) is 0 Å². The van der Waals surface area contributed by atoms with Gasteiger partial charge in [0.1, 0.15) is 5.75 Å². The zero-order valence-electron chi connectivity index (χ0n) is 8.07. The van der Waals surface area contributed by atoms with E-state index in [9.17, 15) is 13.2 Å². The third-order valence-corrected chi connectivity index (χ3v) is 2.11. The van der Waals surface area contributed by atoms with Gasteiger partial charge in [-0.15, -0.1) is 0 Å². The topological polar surface area (TPSA) is 9.23 Å². The van der Waals surface area contributed by atoms with E-state index in [1.807, 2.05) is 6.92 Å². The summed E-state index contributed by atoms with van der Waals surface area (Å²) in [5.41, 5.74) is 0.886. The number of ether oxygens (including phenoxy) is 1. The molecule has 0 fully saturated rings. The standard InChI is InChI=1S/C10H10ClF3O/c1-2-7-3-4-8(11)9(5-7)15-6-10(12,13)14/h3-5H,2,6H2,1H3. The lowest BCUT2D eigenvalue weighted by atomic mass is 10.2. The molecule has 0 saturated heterocycles. The van der Waals surface area contributed by atoms with Crippen LogP contribution in [-0.2, 0) is 6.42 Å². The number of halogens is 4. The maximum absolute atomic E-state index is 11.9. The van der Waals surface area contributed by atoms with E-state index in [4.69, 9.17) is 11.6 Å². The lowest BCUT2D eigenvalue weighted by Gasteiger charge is -2.11. The molecule has 0 heterocycles. The predicted molar refractivity (Wildman–Crippen MR) is 52.4 cm³/mol. The predicted octanol–water partition coefficient (Wildman–Crippen LogP) is 3.84. The molecule has 15 heavy (non-hydrogen) atoms. The first kappa shape index (κ1) is 12.2. The molecule has 0 unspecified atom stereocenters. The number of rotatable bonds is 3. The summed E-state index contributed by atoms with van der Waals surface area (Å²) in [5, 5.41) is 0.191. The van der Waals surface area contributed by atoms with Gasteiger partial charge >= 0.3 is 6.18 Å². The summed E-state index contributed by atoms with van der Waals surface area (Å²) in [7, 11) is 0. The normalized spacial score (nSPS) is 11.5. The first-order chi connectivity index (χ1) is 6.92. The fourth-order valence-electron chi connectivity index (χ4n) is 1.04. The van der Waals surface area contributed by atoms with Gasteiger partial charge in [0.2, 0.25) is 0 Å². The molecule has 0 amide bonds. The van der Waals surface area contributed by atoms with Gasteiger partial charge in [0.15, 0.2) is 6.61 Å². The number of hydrogen-bond donors (Lipinski definition) is 0. The molecule has 5 heteroatoms. The monoisotopic (exact) mass is 238 g/mol. The average Bonchev–Trinajstić information content (AvgIpc) is 2.15. The molecule has 0 aliphatic carbocycles. The second-order valence-electron chi connectivity index (χ2n) is 3.02. The van der Waals surface area contributed by atoms with Crippen molar-refractivity contribution in [3.63, 3.8) is 0 Å². The lowest BCUT2D eigenvalue weighted by molar-refractivity contribution is -0.153. The van der Waals surface area contributed by atoms with Crippen LogP contribution in [0.25, 0.3) is 0 Å². The smallest absolute Gasteiger partial charge is 0.422 e. The molecule has 1 aromatic carbocycles. The Morgan fingerprint density at radius 1 is 1.33 bits per heavy atom. The Kier molecular flexibility index (Phi) is 3.85. The van der Waals surface area contributed by atoms with E-state index in [2.05, 4.69) is 4.74 Å². The number of hydrogen-bond acceptors (Lipinski definition) is 1. The minimum atomic E-state index is -4.34. The highest BCUT2D eigenvalue weighted by Crippen LogP contribution is 2.27. The number of alkyl halides is 3. The van der Waals surface area contributed by atoms with Gasteiger partial charge < -0.3 is 4.74 Å². The van der Waals surface area contributed by atoms with Crippen LogP contribution in [0.3, 0.4) is 0 Å². The third-order valence-electron chi connectivity index (χ3n) is 1.80. The molecule has 0 bridgehead atoms. The van der Waals surface area contributed by atoms with Crippen LogP contribution in [-0.4, -0.2) is 12.8 Å². The Bertz CT molecular complexity index is 336. The maximum Gasteiger partial charge on any atom is 0.422 e. The molecule has 1 rings (SSSR count). The van der Waals surface area contributed by atoms with Crippen molar-refractivity contribution in [3.8, 4) is 5.75 Å². The summed E-state index contributed by atoms with van der Waals surface area (Å²) in [4.78, 5) is 0. The second kappa shape index (κ2) is 4.75. The quantitative estimate of drug-likeness (QED) is 0.777. The molecule has 0 aliphatic heterocycles. The van der Waals surface area contributed by atoms with Crippen molar-refractivity contribution in [2.45, 2.75) is 19.5 Å². The lowest BCUT2D eigenvalue weighted by Crippen LogP contribution is -2.19. The van der Waals surface area contributed by atoms with Crippen molar-refractivity contribution in [2.24, 2.45) is 0 Å². The van der Waals surface area contributed by atoms with Crippen LogP contribution in [0.1, 0.15) is 12.5 Å². The Balaban J connectivity index is 2.75. The van der Waals surface area contributed by atoms with Gasteiger partial charge in [-0.05, 0) is 24.1 Å². The Morgan fingerprint density at radius 2 is 2.00 bits per heavy atom. The summed E-state index contributed by atoms with van der Waals surface area (Å²) in [5.74, 6) is 0.0772. The molecule has 0 N–H and O–H groups in total. The van der Waals surface area contributed by atoms with Crippen LogP contribution in [0.5, 0.6) is 5.75 Å². The van der Waals surface area contributed by atoms with Crippen LogP contribution in [0.2, 0.25) is 5.02 Å². The van der Waals surface area contributed by atoms with Gasteiger partial charge in [-0.1, -0.05) is 24.6 Å². The molecule has 0 aliphatic rings. The van der Waals surface area contributed by atoms with Crippen molar-refractivity contribution in [3.05, 3.63) is 28.8 Å². The van der Waals surface area contributed by atoms with Crippen molar-refractivity contribution in [1.29, 1.82) is 0 Å². The summed E-state index contributed by atoms with van der Waals surface area (Å²) < 4.78 is 40.2. The largest absolute Gasteiger partial charge is 0.483 e. The summed E-state index contributed by atoms with van der Waals surface area (Å²) in [6.45, 7) is 0.580. The molecule has 0 spiro atoms. The molecular formula is C10H10ClF3O. The molecule has 0 atom stereocenters. The minimum absolute atomic E-state index is 0.0772. The van der Waals surface area contributed by atoms with E-state index in [-0.39, 0.29) is 10.8 Å². The van der Waals surface area contributed by atoms with Crippen molar-refractivity contribution >= 4 is 11.6 Å². The van der Waals surface area contributed by atoms with E-state index in [1.54, 1.807) is 6.07 Å². The molecular weight excluding hydrogens is 229 g/mol. The number of aryl methyl sites for hydroxylation is 1. The highest BCUT2D eigenvalue weighted by molar-refractivity contribution is 6.32. The minimum Gasteiger partial charge on any atom is -0.483 e. The zero-order chi connectivity index (χ0) is 11.5. The van der Waals surface area contributed by atoms with Crippen LogP contribution in [0.4, 0.5) is 13.2 Å². The van der Waals surface area contributed by atoms with Gasteiger partial charge in [0, 0.05) is 0 Å². The van der Waals surface area contributed by atoms with Crippen molar-refractivity contribution in [1.82, 2.24) is 0 Å². The average molecular weight is 239 g/mol. The summed E-state index contributed by atoms with van der Waals surface area (Å²) in [6.07, 6.45) is -3.62. The first-order valence-corrected chi connectivity index (χ1v) is 4.78. The van der Waals surface area contributed by atoms with Crippen molar-refractivity contribution in [2.75, 3.05) is 6.61 Å². The fraction of sp³-hybridized carbons (Fsp3) is 0.400. The van der Waals surface area contributed by atoms with Crippen LogP contribution >= 0.6 is 11.6 Å². The van der Waals surface area contributed by atoms with Crippen LogP contribution in [0, 0.1) is 0 Å². The van der Waals surface area contributed by atoms with Gasteiger partial charge in [-0.3, -0.25) is 0 Å². The third kappa shape index (κ3) is 4.00. The fourth-order valence-corrected chi connectivity index (χ4v) is 1.21. The molecule has 1 aromatic rings. The zero-order valence-corrected chi connectivity index (χ0v) is 8.82. The second-order valence-corrected chi connectivity index (χ2v) is 3.43. The molecule has 1 nitrogen and oxygen atoms in total. The first-order valence-electron chi connectivity index (χ1n) is 4.40. The molecule has 84 valence electrons. The molecule has 0 radical (unpaired) electrons. The maximum atomic E-state index is 11.9. The van der Waals surface area contributed by atoms with Crippen molar-refractivity contribution < 1.29 is 17.9 Å². The van der Waals surface area contributed by atoms with E-state index in [0.717, 1.165) is 12.0 Å².